The highest BCUT2D eigenvalue weighted by Crippen LogP contribution is 2.22. The normalized spacial score (nSPS) is 10.7. The average molecular weight is 367 g/mol. The highest BCUT2D eigenvalue weighted by Gasteiger charge is 2.14. The number of amides is 2. The van der Waals surface area contributed by atoms with E-state index in [-0.39, 0.29) is 18.4 Å². The van der Waals surface area contributed by atoms with Gasteiger partial charge in [0, 0.05) is 12.6 Å². The van der Waals surface area contributed by atoms with Crippen molar-refractivity contribution in [2.75, 3.05) is 13.6 Å². The zero-order valence-corrected chi connectivity index (χ0v) is 15.9. The molecule has 1 aromatic heterocycles. The van der Waals surface area contributed by atoms with Gasteiger partial charge >= 0.3 is 0 Å². The number of nitrogens with zero attached hydrogens (tertiary/aromatic N) is 2. The molecule has 134 valence electrons. The SMILES string of the molecule is Cc1cc(C)cc(C(=O)NCC(=O)N(C)Cc2nc3ccccc3s2)c1. The van der Waals surface area contributed by atoms with E-state index in [1.54, 1.807) is 23.3 Å². The maximum atomic E-state index is 12.3. The van der Waals surface area contributed by atoms with Crippen LogP contribution in [0.1, 0.15) is 26.5 Å². The van der Waals surface area contributed by atoms with Crippen LogP contribution >= 0.6 is 11.3 Å². The minimum Gasteiger partial charge on any atom is -0.343 e. The number of likely N-dealkylation sites (N-methyl/N-ethyl adjacent to an activating group) is 1. The molecule has 26 heavy (non-hydrogen) atoms. The van der Waals surface area contributed by atoms with Gasteiger partial charge in [-0.1, -0.05) is 29.3 Å². The maximum absolute atomic E-state index is 12.3. The van der Waals surface area contributed by atoms with Crippen LogP contribution in [-0.2, 0) is 11.3 Å². The lowest BCUT2D eigenvalue weighted by atomic mass is 10.1. The van der Waals surface area contributed by atoms with Crippen molar-refractivity contribution in [2.45, 2.75) is 20.4 Å². The van der Waals surface area contributed by atoms with E-state index < -0.39 is 0 Å². The van der Waals surface area contributed by atoms with Crippen molar-refractivity contribution >= 4 is 33.4 Å². The molecule has 3 rings (SSSR count). The molecule has 1 N–H and O–H groups in total. The van der Waals surface area contributed by atoms with Crippen molar-refractivity contribution < 1.29 is 9.59 Å². The topological polar surface area (TPSA) is 62.3 Å². The fourth-order valence-corrected chi connectivity index (χ4v) is 3.80. The van der Waals surface area contributed by atoms with E-state index in [0.717, 1.165) is 26.4 Å². The molecule has 0 saturated carbocycles. The molecule has 2 aromatic carbocycles. The fourth-order valence-electron chi connectivity index (χ4n) is 2.78. The van der Waals surface area contributed by atoms with E-state index in [1.165, 1.54) is 0 Å². The fraction of sp³-hybridized carbons (Fsp3) is 0.250. The molecule has 0 fully saturated rings. The van der Waals surface area contributed by atoms with Gasteiger partial charge in [0.05, 0.1) is 23.3 Å². The third kappa shape index (κ3) is 4.26. The van der Waals surface area contributed by atoms with Crippen molar-refractivity contribution in [2.24, 2.45) is 0 Å². The molecule has 1 heterocycles. The predicted molar refractivity (Wildman–Crippen MR) is 104 cm³/mol. The molecule has 0 unspecified atom stereocenters. The number of carbonyl (C=O) groups is 2. The van der Waals surface area contributed by atoms with E-state index >= 15 is 0 Å². The number of nitrogens with one attached hydrogen (secondary N) is 1. The molecule has 2 amide bonds. The summed E-state index contributed by atoms with van der Waals surface area (Å²) >= 11 is 1.58. The van der Waals surface area contributed by atoms with E-state index in [9.17, 15) is 9.59 Å². The van der Waals surface area contributed by atoms with E-state index in [2.05, 4.69) is 10.3 Å². The van der Waals surface area contributed by atoms with E-state index in [0.29, 0.717) is 12.1 Å². The highest BCUT2D eigenvalue weighted by molar-refractivity contribution is 7.18. The summed E-state index contributed by atoms with van der Waals surface area (Å²) in [5, 5.41) is 3.58. The molecule has 0 radical (unpaired) electrons. The van der Waals surface area contributed by atoms with Gasteiger partial charge in [-0.25, -0.2) is 4.98 Å². The van der Waals surface area contributed by atoms with Gasteiger partial charge in [-0.15, -0.1) is 11.3 Å². The Bertz CT molecular complexity index is 911. The molecule has 0 bridgehead atoms. The summed E-state index contributed by atoms with van der Waals surface area (Å²) in [5.41, 5.74) is 3.56. The largest absolute Gasteiger partial charge is 0.343 e. The summed E-state index contributed by atoms with van der Waals surface area (Å²) in [4.78, 5) is 30.7. The second-order valence-electron chi connectivity index (χ2n) is 6.38. The van der Waals surface area contributed by atoms with Crippen LogP contribution in [0.3, 0.4) is 0 Å². The number of thiazole rings is 1. The summed E-state index contributed by atoms with van der Waals surface area (Å²) in [5.74, 6) is -0.388. The average Bonchev–Trinajstić information content (AvgIpc) is 3.00. The molecule has 3 aromatic rings. The number of carbonyl (C=O) groups excluding carboxylic acids is 2. The lowest BCUT2D eigenvalue weighted by Crippen LogP contribution is -2.37. The van der Waals surface area contributed by atoms with Gasteiger partial charge in [-0.05, 0) is 38.1 Å². The molecule has 0 saturated heterocycles. The van der Waals surface area contributed by atoms with E-state index in [4.69, 9.17) is 0 Å². The molecule has 6 heteroatoms. The molecule has 0 aliphatic rings. The smallest absolute Gasteiger partial charge is 0.251 e. The van der Waals surface area contributed by atoms with Gasteiger partial charge in [0.15, 0.2) is 0 Å². The van der Waals surface area contributed by atoms with Crippen molar-refractivity contribution in [3.8, 4) is 0 Å². The summed E-state index contributed by atoms with van der Waals surface area (Å²) in [7, 11) is 1.72. The van der Waals surface area contributed by atoms with Crippen molar-refractivity contribution in [1.29, 1.82) is 0 Å². The third-order valence-electron chi connectivity index (χ3n) is 4.02. The van der Waals surface area contributed by atoms with Crippen LogP contribution in [-0.4, -0.2) is 35.3 Å². The maximum Gasteiger partial charge on any atom is 0.251 e. The second-order valence-corrected chi connectivity index (χ2v) is 7.50. The Balaban J connectivity index is 1.57. The molecule has 5 nitrogen and oxygen atoms in total. The van der Waals surface area contributed by atoms with Gasteiger partial charge in [-0.3, -0.25) is 9.59 Å². The predicted octanol–water partition coefficient (Wildman–Crippen LogP) is 3.30. The number of fused-ring (bicyclic) bond motifs is 1. The zero-order valence-electron chi connectivity index (χ0n) is 15.1. The van der Waals surface area contributed by atoms with Crippen LogP contribution in [0.25, 0.3) is 10.2 Å². The van der Waals surface area contributed by atoms with Gasteiger partial charge < -0.3 is 10.2 Å². The number of benzene rings is 2. The standard InChI is InChI=1S/C20H21N3O2S/c1-13-8-14(2)10-15(9-13)20(25)21-11-19(24)23(3)12-18-22-16-6-4-5-7-17(16)26-18/h4-10H,11-12H2,1-3H3,(H,21,25). The first-order valence-corrected chi connectivity index (χ1v) is 9.19. The van der Waals surface area contributed by atoms with Crippen LogP contribution in [0.5, 0.6) is 0 Å². The van der Waals surface area contributed by atoms with E-state index in [1.807, 2.05) is 56.3 Å². The summed E-state index contributed by atoms with van der Waals surface area (Å²) in [6, 6.07) is 13.5. The zero-order chi connectivity index (χ0) is 18.7. The molecule has 0 aliphatic heterocycles. The summed E-state index contributed by atoms with van der Waals surface area (Å²) in [6.45, 7) is 4.28. The molecule has 0 atom stereocenters. The number of hydrogen-bond donors (Lipinski definition) is 1. The monoisotopic (exact) mass is 367 g/mol. The van der Waals surface area contributed by atoms with Gasteiger partial charge in [0.25, 0.3) is 5.91 Å². The number of aryl methyl sites for hydroxylation is 2. The second kappa shape index (κ2) is 7.66. The Kier molecular flexibility index (Phi) is 5.32. The van der Waals surface area contributed by atoms with Crippen LogP contribution in [0, 0.1) is 13.8 Å². The van der Waals surface area contributed by atoms with Crippen LogP contribution < -0.4 is 5.32 Å². The molecular formula is C20H21N3O2S. The Morgan fingerprint density at radius 3 is 2.50 bits per heavy atom. The van der Waals surface area contributed by atoms with Gasteiger partial charge in [0.1, 0.15) is 5.01 Å². The van der Waals surface area contributed by atoms with Crippen LogP contribution in [0.2, 0.25) is 0 Å². The number of para-hydroxylation sites is 1. The minimum absolute atomic E-state index is 0.0345. The Morgan fingerprint density at radius 2 is 1.81 bits per heavy atom. The van der Waals surface area contributed by atoms with Crippen molar-refractivity contribution in [1.82, 2.24) is 15.2 Å². The molecule has 0 spiro atoms. The first kappa shape index (κ1) is 18.1. The molecule has 0 aliphatic carbocycles. The van der Waals surface area contributed by atoms with Crippen LogP contribution in [0.15, 0.2) is 42.5 Å². The summed E-state index contributed by atoms with van der Waals surface area (Å²) in [6.07, 6.45) is 0. The van der Waals surface area contributed by atoms with Gasteiger partial charge in [-0.2, -0.15) is 0 Å². The Morgan fingerprint density at radius 1 is 1.12 bits per heavy atom. The Hall–Kier alpha value is -2.73. The van der Waals surface area contributed by atoms with Crippen molar-refractivity contribution in [3.63, 3.8) is 0 Å². The number of aromatic nitrogens is 1. The third-order valence-corrected chi connectivity index (χ3v) is 5.04. The quantitative estimate of drug-likeness (QED) is 0.753. The minimum atomic E-state index is -0.237. The van der Waals surface area contributed by atoms with Crippen LogP contribution in [0.4, 0.5) is 0 Å². The van der Waals surface area contributed by atoms with Crippen molar-refractivity contribution in [3.05, 3.63) is 64.2 Å². The first-order chi connectivity index (χ1) is 12.4. The lowest BCUT2D eigenvalue weighted by Gasteiger charge is -2.16. The Labute approximate surface area is 156 Å². The summed E-state index contributed by atoms with van der Waals surface area (Å²) < 4.78 is 1.10. The van der Waals surface area contributed by atoms with Gasteiger partial charge in [0.2, 0.25) is 5.91 Å². The number of rotatable bonds is 5. The molecular weight excluding hydrogens is 346 g/mol. The lowest BCUT2D eigenvalue weighted by molar-refractivity contribution is -0.129. The first-order valence-electron chi connectivity index (χ1n) is 8.37. The highest BCUT2D eigenvalue weighted by atomic mass is 32.1. The number of hydrogen-bond acceptors (Lipinski definition) is 4.